The monoisotopic (exact) mass is 415 g/mol. The Morgan fingerprint density at radius 1 is 0.929 bits per heavy atom. The van der Waals surface area contributed by atoms with E-state index in [9.17, 15) is 4.39 Å². The molecule has 0 unspecified atom stereocenters. The molecule has 5 nitrogen and oxygen atoms in total. The number of hydrogen-bond donors (Lipinski definition) is 1. The van der Waals surface area contributed by atoms with E-state index in [1.165, 1.54) is 12.1 Å². The predicted octanol–water partition coefficient (Wildman–Crippen LogP) is 5.93. The van der Waals surface area contributed by atoms with Crippen molar-refractivity contribution >= 4 is 45.7 Å². The molecule has 4 aromatic rings. The van der Waals surface area contributed by atoms with Gasteiger partial charge in [-0.25, -0.2) is 19.0 Å². The fraction of sp³-hybridized carbons (Fsp3) is 0.150. The topological polar surface area (TPSA) is 55.6 Å². The van der Waals surface area contributed by atoms with Crippen molar-refractivity contribution in [3.63, 3.8) is 0 Å². The van der Waals surface area contributed by atoms with Crippen molar-refractivity contribution in [3.8, 4) is 5.82 Å². The molecule has 0 fully saturated rings. The maximum Gasteiger partial charge on any atom is 0.197 e. The lowest BCUT2D eigenvalue weighted by Gasteiger charge is -2.15. The van der Waals surface area contributed by atoms with Crippen LogP contribution >= 0.6 is 23.2 Å². The predicted molar refractivity (Wildman–Crippen MR) is 111 cm³/mol. The van der Waals surface area contributed by atoms with Gasteiger partial charge in [0.2, 0.25) is 0 Å². The molecule has 0 aliphatic heterocycles. The van der Waals surface area contributed by atoms with Gasteiger partial charge in [0.15, 0.2) is 11.6 Å². The quantitative estimate of drug-likeness (QED) is 0.450. The van der Waals surface area contributed by atoms with Gasteiger partial charge in [-0.2, -0.15) is 5.10 Å². The van der Waals surface area contributed by atoms with Crippen molar-refractivity contribution in [1.82, 2.24) is 19.7 Å². The highest BCUT2D eigenvalue weighted by molar-refractivity contribution is 6.42. The van der Waals surface area contributed by atoms with Crippen LogP contribution in [0.25, 0.3) is 16.9 Å². The average Bonchev–Trinajstić information content (AvgIpc) is 2.96. The molecule has 2 aromatic carbocycles. The Labute approximate surface area is 171 Å². The van der Waals surface area contributed by atoms with E-state index >= 15 is 0 Å². The van der Waals surface area contributed by atoms with Gasteiger partial charge in [0.25, 0.3) is 0 Å². The summed E-state index contributed by atoms with van der Waals surface area (Å²) in [5.74, 6) is 0.694. The van der Waals surface area contributed by atoms with Crippen LogP contribution in [0.1, 0.15) is 17.0 Å². The third kappa shape index (κ3) is 3.41. The van der Waals surface area contributed by atoms with Crippen molar-refractivity contribution in [2.24, 2.45) is 0 Å². The molecule has 4 rings (SSSR count). The first-order chi connectivity index (χ1) is 13.3. The zero-order valence-corrected chi connectivity index (χ0v) is 16.9. The van der Waals surface area contributed by atoms with Gasteiger partial charge in [-0.1, -0.05) is 23.2 Å². The fourth-order valence-electron chi connectivity index (χ4n) is 3.01. The van der Waals surface area contributed by atoms with Crippen LogP contribution in [0.4, 0.5) is 15.9 Å². The number of aromatic nitrogens is 4. The maximum atomic E-state index is 13.5. The summed E-state index contributed by atoms with van der Waals surface area (Å²) in [4.78, 5) is 9.41. The minimum atomic E-state index is -0.298. The largest absolute Gasteiger partial charge is 0.337 e. The fourth-order valence-corrected chi connectivity index (χ4v) is 3.33. The highest BCUT2D eigenvalue weighted by atomic mass is 35.5. The van der Waals surface area contributed by atoms with Crippen LogP contribution in [0.5, 0.6) is 0 Å². The van der Waals surface area contributed by atoms with Crippen LogP contribution in [0, 0.1) is 26.6 Å². The van der Waals surface area contributed by atoms with E-state index in [4.69, 9.17) is 33.2 Å². The lowest BCUT2D eigenvalue weighted by atomic mass is 10.2. The number of aryl methyl sites for hydroxylation is 3. The van der Waals surface area contributed by atoms with Crippen LogP contribution in [0.2, 0.25) is 10.0 Å². The molecule has 28 heavy (non-hydrogen) atoms. The number of halogens is 3. The van der Waals surface area contributed by atoms with Gasteiger partial charge in [-0.05, 0) is 62.7 Å². The van der Waals surface area contributed by atoms with Crippen molar-refractivity contribution < 1.29 is 4.39 Å². The number of nitrogens with zero attached hydrogens (tertiary/aromatic N) is 4. The third-order valence-electron chi connectivity index (χ3n) is 4.34. The normalized spacial score (nSPS) is 11.2. The molecule has 0 aliphatic carbocycles. The summed E-state index contributed by atoms with van der Waals surface area (Å²) in [6.07, 6.45) is 0. The van der Waals surface area contributed by atoms with Gasteiger partial charge in [0, 0.05) is 11.4 Å². The Morgan fingerprint density at radius 2 is 1.61 bits per heavy atom. The smallest absolute Gasteiger partial charge is 0.197 e. The van der Waals surface area contributed by atoms with Crippen LogP contribution < -0.4 is 5.32 Å². The Bertz CT molecular complexity index is 1220. The summed E-state index contributed by atoms with van der Waals surface area (Å²) in [6.45, 7) is 5.67. The van der Waals surface area contributed by atoms with E-state index in [-0.39, 0.29) is 5.82 Å². The second-order valence-corrected chi connectivity index (χ2v) is 7.39. The van der Waals surface area contributed by atoms with Crippen molar-refractivity contribution in [2.75, 3.05) is 5.32 Å². The SMILES string of the molecule is Cc1cc(C)n(-c2nc3cc(Cl)c(Cl)cc3nc2Nc2ccc(F)cc2C)n1. The van der Waals surface area contributed by atoms with E-state index in [1.54, 1.807) is 22.9 Å². The number of nitrogens with one attached hydrogen (secondary N) is 1. The van der Waals surface area contributed by atoms with Gasteiger partial charge in [-0.15, -0.1) is 0 Å². The van der Waals surface area contributed by atoms with Gasteiger partial charge in [0.05, 0.1) is 26.8 Å². The molecule has 2 aromatic heterocycles. The zero-order chi connectivity index (χ0) is 20.0. The van der Waals surface area contributed by atoms with E-state index in [0.717, 1.165) is 22.6 Å². The zero-order valence-electron chi connectivity index (χ0n) is 15.4. The molecule has 2 heterocycles. The summed E-state index contributed by atoms with van der Waals surface area (Å²) in [5.41, 5.74) is 4.41. The molecule has 0 saturated carbocycles. The molecular weight excluding hydrogens is 400 g/mol. The second-order valence-electron chi connectivity index (χ2n) is 6.57. The lowest BCUT2D eigenvalue weighted by molar-refractivity contribution is 0.627. The first kappa shape index (κ1) is 18.7. The van der Waals surface area contributed by atoms with Gasteiger partial charge >= 0.3 is 0 Å². The Morgan fingerprint density at radius 3 is 2.21 bits per heavy atom. The molecule has 0 bridgehead atoms. The Hall–Kier alpha value is -2.70. The highest BCUT2D eigenvalue weighted by Crippen LogP contribution is 2.31. The summed E-state index contributed by atoms with van der Waals surface area (Å²) < 4.78 is 15.2. The summed E-state index contributed by atoms with van der Waals surface area (Å²) >= 11 is 12.3. The van der Waals surface area contributed by atoms with Crippen molar-refractivity contribution in [1.29, 1.82) is 0 Å². The molecule has 0 spiro atoms. The number of anilines is 2. The molecule has 1 N–H and O–H groups in total. The number of fused-ring (bicyclic) bond motifs is 1. The second kappa shape index (κ2) is 7.04. The maximum absolute atomic E-state index is 13.5. The lowest BCUT2D eigenvalue weighted by Crippen LogP contribution is -2.09. The molecule has 0 amide bonds. The molecule has 8 heteroatoms. The average molecular weight is 416 g/mol. The molecule has 0 aliphatic rings. The number of hydrogen-bond acceptors (Lipinski definition) is 4. The van der Waals surface area contributed by atoms with E-state index in [2.05, 4.69) is 10.4 Å². The first-order valence-corrected chi connectivity index (χ1v) is 9.31. The highest BCUT2D eigenvalue weighted by Gasteiger charge is 2.16. The van der Waals surface area contributed by atoms with Gasteiger partial charge in [0.1, 0.15) is 5.82 Å². The first-order valence-electron chi connectivity index (χ1n) is 8.55. The number of rotatable bonds is 3. The minimum absolute atomic E-state index is 0.298. The summed E-state index contributed by atoms with van der Waals surface area (Å²) in [6, 6.07) is 9.80. The standard InChI is InChI=1S/C20H16Cl2FN5/c1-10-6-13(23)4-5-16(10)24-19-20(28-12(3)7-11(2)27-28)26-18-9-15(22)14(21)8-17(18)25-19/h4-9H,1-3H3,(H,24,25). The number of benzene rings is 2. The molecular formula is C20H16Cl2FN5. The summed E-state index contributed by atoms with van der Waals surface area (Å²) in [7, 11) is 0. The molecule has 142 valence electrons. The van der Waals surface area contributed by atoms with Crippen LogP contribution in [0.15, 0.2) is 36.4 Å². The Balaban J connectivity index is 1.94. The van der Waals surface area contributed by atoms with Crippen LogP contribution in [-0.2, 0) is 0 Å². The van der Waals surface area contributed by atoms with E-state index in [1.807, 2.05) is 26.8 Å². The van der Waals surface area contributed by atoms with E-state index in [0.29, 0.717) is 32.7 Å². The molecule has 0 atom stereocenters. The van der Waals surface area contributed by atoms with Crippen molar-refractivity contribution in [3.05, 3.63) is 69.2 Å². The van der Waals surface area contributed by atoms with Crippen LogP contribution in [-0.4, -0.2) is 19.7 Å². The van der Waals surface area contributed by atoms with Crippen LogP contribution in [0.3, 0.4) is 0 Å². The van der Waals surface area contributed by atoms with Gasteiger partial charge in [-0.3, -0.25) is 0 Å². The molecule has 0 radical (unpaired) electrons. The Kier molecular flexibility index (Phi) is 4.69. The molecule has 0 saturated heterocycles. The third-order valence-corrected chi connectivity index (χ3v) is 5.06. The van der Waals surface area contributed by atoms with Gasteiger partial charge < -0.3 is 5.32 Å². The summed E-state index contributed by atoms with van der Waals surface area (Å²) in [5, 5.41) is 8.57. The van der Waals surface area contributed by atoms with Crippen molar-refractivity contribution in [2.45, 2.75) is 20.8 Å². The minimum Gasteiger partial charge on any atom is -0.337 e. The van der Waals surface area contributed by atoms with E-state index < -0.39 is 0 Å².